The lowest BCUT2D eigenvalue weighted by atomic mass is 9.89. The molecule has 2 fully saturated rings. The molecule has 0 radical (unpaired) electrons. The second-order valence-electron chi connectivity index (χ2n) is 10.4. The van der Waals surface area contributed by atoms with Gasteiger partial charge in [-0.25, -0.2) is 9.86 Å². The van der Waals surface area contributed by atoms with Crippen molar-refractivity contribution in [2.75, 3.05) is 53.4 Å². The molecule has 2 heterocycles. The Labute approximate surface area is 245 Å². The van der Waals surface area contributed by atoms with E-state index < -0.39 is 0 Å². The summed E-state index contributed by atoms with van der Waals surface area (Å²) >= 11 is 12.3. The first kappa shape index (κ1) is 30.1. The molecule has 216 valence electrons. The van der Waals surface area contributed by atoms with Gasteiger partial charge in [0.05, 0.1) is 18.8 Å². The molecule has 3 amide bonds. The molecular formula is C29H37Cl2N5O4. The van der Waals surface area contributed by atoms with Crippen LogP contribution in [0.3, 0.4) is 0 Å². The van der Waals surface area contributed by atoms with Crippen LogP contribution in [0.4, 0.5) is 4.79 Å². The normalized spacial score (nSPS) is 18.1. The van der Waals surface area contributed by atoms with Gasteiger partial charge in [-0.05, 0) is 56.0 Å². The largest absolute Gasteiger partial charge is 0.399 e. The van der Waals surface area contributed by atoms with Crippen molar-refractivity contribution in [2.24, 2.45) is 5.16 Å². The van der Waals surface area contributed by atoms with Gasteiger partial charge in [-0.1, -0.05) is 58.7 Å². The van der Waals surface area contributed by atoms with Crippen molar-refractivity contribution in [1.29, 1.82) is 0 Å². The molecule has 40 heavy (non-hydrogen) atoms. The minimum atomic E-state index is -0.284. The molecule has 1 unspecified atom stereocenters. The van der Waals surface area contributed by atoms with Gasteiger partial charge in [0, 0.05) is 54.3 Å². The van der Waals surface area contributed by atoms with Crippen molar-refractivity contribution in [2.45, 2.75) is 37.6 Å². The number of likely N-dealkylation sites (tertiary alicyclic amines) is 1. The zero-order valence-electron chi connectivity index (χ0n) is 23.0. The number of piperidine rings is 1. The quantitative estimate of drug-likeness (QED) is 0.233. The van der Waals surface area contributed by atoms with E-state index in [1.807, 2.05) is 23.1 Å². The summed E-state index contributed by atoms with van der Waals surface area (Å²) in [7, 11) is 3.24. The lowest BCUT2D eigenvalue weighted by Crippen LogP contribution is -2.54. The van der Waals surface area contributed by atoms with Crippen LogP contribution in [0.1, 0.15) is 47.5 Å². The van der Waals surface area contributed by atoms with Crippen molar-refractivity contribution in [3.63, 3.8) is 0 Å². The fourth-order valence-electron chi connectivity index (χ4n) is 5.58. The highest BCUT2D eigenvalue weighted by Crippen LogP contribution is 2.26. The van der Waals surface area contributed by atoms with Crippen LogP contribution in [0.5, 0.6) is 0 Å². The van der Waals surface area contributed by atoms with Gasteiger partial charge in [-0.15, -0.1) is 0 Å². The molecule has 2 aliphatic rings. The van der Waals surface area contributed by atoms with E-state index in [0.717, 1.165) is 61.7 Å². The number of carbonyl (C=O) groups excluding carboxylic acids is 2. The lowest BCUT2D eigenvalue weighted by Gasteiger charge is -2.41. The summed E-state index contributed by atoms with van der Waals surface area (Å²) in [6, 6.07) is 14.8. The number of rotatable bonds is 10. The van der Waals surface area contributed by atoms with E-state index in [-0.39, 0.29) is 30.4 Å². The molecule has 1 N–H and O–H groups in total. The summed E-state index contributed by atoms with van der Waals surface area (Å²) in [5.74, 6) is -0.278. The first-order valence-corrected chi connectivity index (χ1v) is 14.4. The van der Waals surface area contributed by atoms with Crippen LogP contribution in [0.25, 0.3) is 0 Å². The first-order valence-electron chi connectivity index (χ1n) is 13.6. The molecule has 0 bridgehead atoms. The fourth-order valence-corrected chi connectivity index (χ4v) is 6.10. The molecule has 1 atom stereocenters. The number of amides is 3. The van der Waals surface area contributed by atoms with Crippen molar-refractivity contribution in [3.05, 3.63) is 69.7 Å². The highest BCUT2D eigenvalue weighted by atomic mass is 35.5. The predicted molar refractivity (Wildman–Crippen MR) is 156 cm³/mol. The first-order chi connectivity index (χ1) is 19.3. The maximum absolute atomic E-state index is 13.2. The predicted octanol–water partition coefficient (Wildman–Crippen LogP) is 5.22. The van der Waals surface area contributed by atoms with Crippen LogP contribution in [0.15, 0.2) is 53.7 Å². The number of carbonyl (C=O) groups is 2. The van der Waals surface area contributed by atoms with E-state index in [4.69, 9.17) is 28.0 Å². The Morgan fingerprint density at radius 1 is 1.10 bits per heavy atom. The number of hydrogen-bond donors (Lipinski definition) is 1. The molecule has 2 aliphatic heterocycles. The summed E-state index contributed by atoms with van der Waals surface area (Å²) in [6.45, 7) is 3.93. The van der Waals surface area contributed by atoms with Gasteiger partial charge in [0.15, 0.2) is 0 Å². The average Bonchev–Trinajstić information content (AvgIpc) is 2.94. The second-order valence-corrected chi connectivity index (χ2v) is 11.2. The molecule has 9 nitrogen and oxygen atoms in total. The zero-order valence-corrected chi connectivity index (χ0v) is 24.5. The third-order valence-corrected chi connectivity index (χ3v) is 8.07. The Morgan fingerprint density at radius 2 is 1.77 bits per heavy atom. The highest BCUT2D eigenvalue weighted by Gasteiger charge is 2.33. The standard InChI is InChI=1S/C29H37Cl2N5O4/c1-33(28(37)22-17-23(30)19-24(31)18-22)20-27(32-40-2)26(21-7-4-3-5-8-21)11-16-34-14-9-25(10-15-34)35-12-6-13-36(39)29(35)38/h3-5,7-8,17-19,25-26,39H,6,9-16,20H2,1-2H3/b32-27+. The minimum absolute atomic E-state index is 0.0660. The van der Waals surface area contributed by atoms with Crippen LogP contribution in [-0.4, -0.2) is 102 Å². The second kappa shape index (κ2) is 14.2. The van der Waals surface area contributed by atoms with Gasteiger partial charge in [-0.2, -0.15) is 0 Å². The molecule has 2 aromatic carbocycles. The number of hydroxylamine groups is 2. The number of oxime groups is 1. The SMILES string of the molecule is CO/N=C(\CN(C)C(=O)c1cc(Cl)cc(Cl)c1)C(CCN1CCC(N2CCCN(O)C2=O)CC1)c1ccccc1. The van der Waals surface area contributed by atoms with Crippen molar-refractivity contribution >= 4 is 40.9 Å². The third-order valence-electron chi connectivity index (χ3n) is 7.64. The van der Waals surface area contributed by atoms with Crippen LogP contribution in [0.2, 0.25) is 10.0 Å². The Hall–Kier alpha value is -2.85. The number of hydrogen-bond acceptors (Lipinski definition) is 6. The number of halogens is 2. The lowest BCUT2D eigenvalue weighted by molar-refractivity contribution is -0.0794. The maximum Gasteiger partial charge on any atom is 0.343 e. The summed E-state index contributed by atoms with van der Waals surface area (Å²) in [5.41, 5.74) is 2.25. The molecule has 0 saturated carbocycles. The molecule has 4 rings (SSSR count). The Bertz CT molecular complexity index is 1170. The molecule has 0 aromatic heterocycles. The highest BCUT2D eigenvalue weighted by molar-refractivity contribution is 6.35. The molecule has 0 aliphatic carbocycles. The molecule has 0 spiro atoms. The Balaban J connectivity index is 1.42. The van der Waals surface area contributed by atoms with E-state index in [0.29, 0.717) is 28.7 Å². The molecule has 11 heteroatoms. The van der Waals surface area contributed by atoms with Gasteiger partial charge < -0.3 is 19.5 Å². The summed E-state index contributed by atoms with van der Waals surface area (Å²) in [4.78, 5) is 36.7. The van der Waals surface area contributed by atoms with Crippen molar-refractivity contribution in [3.8, 4) is 0 Å². The fraction of sp³-hybridized carbons (Fsp3) is 0.483. The number of urea groups is 1. The van der Waals surface area contributed by atoms with Crippen LogP contribution < -0.4 is 0 Å². The van der Waals surface area contributed by atoms with Crippen LogP contribution in [-0.2, 0) is 4.84 Å². The van der Waals surface area contributed by atoms with E-state index in [1.54, 1.807) is 30.1 Å². The average molecular weight is 591 g/mol. The van der Waals surface area contributed by atoms with Crippen LogP contribution in [0, 0.1) is 0 Å². The number of nitrogens with zero attached hydrogens (tertiary/aromatic N) is 5. The summed E-state index contributed by atoms with van der Waals surface area (Å²) in [6.07, 6.45) is 3.31. The molecule has 2 aromatic rings. The molecule has 2 saturated heterocycles. The maximum atomic E-state index is 13.2. The summed E-state index contributed by atoms with van der Waals surface area (Å²) < 4.78 is 0. The minimum Gasteiger partial charge on any atom is -0.399 e. The van der Waals surface area contributed by atoms with Gasteiger partial charge in [-0.3, -0.25) is 10.0 Å². The van der Waals surface area contributed by atoms with E-state index in [1.165, 1.54) is 7.11 Å². The van der Waals surface area contributed by atoms with E-state index in [2.05, 4.69) is 22.2 Å². The Morgan fingerprint density at radius 3 is 2.42 bits per heavy atom. The number of benzene rings is 2. The van der Waals surface area contributed by atoms with Crippen LogP contribution >= 0.6 is 23.2 Å². The van der Waals surface area contributed by atoms with Crippen molar-refractivity contribution in [1.82, 2.24) is 19.8 Å². The monoisotopic (exact) mass is 589 g/mol. The van der Waals surface area contributed by atoms with Gasteiger partial charge in [0.2, 0.25) is 0 Å². The van der Waals surface area contributed by atoms with Gasteiger partial charge in [0.1, 0.15) is 7.11 Å². The molecular weight excluding hydrogens is 553 g/mol. The van der Waals surface area contributed by atoms with E-state index >= 15 is 0 Å². The van der Waals surface area contributed by atoms with Crippen molar-refractivity contribution < 1.29 is 19.6 Å². The van der Waals surface area contributed by atoms with Gasteiger partial charge >= 0.3 is 6.03 Å². The van der Waals surface area contributed by atoms with Gasteiger partial charge in [0.25, 0.3) is 5.91 Å². The summed E-state index contributed by atoms with van der Waals surface area (Å²) in [5, 5.41) is 15.9. The zero-order chi connectivity index (χ0) is 28.6. The Kier molecular flexibility index (Phi) is 10.7. The van der Waals surface area contributed by atoms with E-state index in [9.17, 15) is 14.8 Å². The smallest absolute Gasteiger partial charge is 0.343 e. The third kappa shape index (κ3) is 7.66. The topological polar surface area (TPSA) is 88.9 Å².